The SMILES string of the molecule is Cc1cc(C2=NOC(c3cc(Cl)cc(Cl)c3)(C(F)(F)F)C2)ccc1C(=O)NCC1=NC(C)(C)CS1. The summed E-state index contributed by atoms with van der Waals surface area (Å²) in [6, 6.07) is 8.45. The molecule has 0 fully saturated rings. The molecule has 5 nitrogen and oxygen atoms in total. The predicted octanol–water partition coefficient (Wildman–Crippen LogP) is 6.54. The van der Waals surface area contributed by atoms with Crippen LogP contribution in [0.5, 0.6) is 0 Å². The normalized spacial score (nSPS) is 21.4. The van der Waals surface area contributed by atoms with E-state index in [0.29, 0.717) is 23.2 Å². The quantitative estimate of drug-likeness (QED) is 0.465. The molecule has 1 N–H and O–H groups in total. The van der Waals surface area contributed by atoms with E-state index in [0.717, 1.165) is 10.8 Å². The fourth-order valence-corrected chi connectivity index (χ4v) is 5.54. The molecule has 35 heavy (non-hydrogen) atoms. The van der Waals surface area contributed by atoms with Crippen molar-refractivity contribution in [2.45, 2.75) is 44.5 Å². The number of hydrogen-bond acceptors (Lipinski definition) is 5. The van der Waals surface area contributed by atoms with E-state index in [1.807, 2.05) is 13.8 Å². The first-order chi connectivity index (χ1) is 16.3. The number of halogens is 5. The standard InChI is InChI=1S/C24H22Cl2F3N3O2S/c1-13-6-14(4-5-18(13)21(33)30-11-20-31-22(2,3)12-35-20)19-10-23(34-32-19,24(27,28)29)15-7-16(25)9-17(26)8-15/h4-9H,10-12H2,1-3H3,(H,30,33). The summed E-state index contributed by atoms with van der Waals surface area (Å²) in [5.74, 6) is 0.571. The van der Waals surface area contributed by atoms with Gasteiger partial charge in [-0.25, -0.2) is 0 Å². The first-order valence-corrected chi connectivity index (χ1v) is 12.4. The number of carbonyl (C=O) groups excluding carboxylic acids is 1. The Morgan fingerprint density at radius 2 is 1.86 bits per heavy atom. The lowest BCUT2D eigenvalue weighted by molar-refractivity contribution is -0.275. The highest BCUT2D eigenvalue weighted by Crippen LogP contribution is 2.49. The lowest BCUT2D eigenvalue weighted by Gasteiger charge is -2.29. The first kappa shape index (κ1) is 25.9. The van der Waals surface area contributed by atoms with Crippen LogP contribution in [-0.2, 0) is 10.4 Å². The molecule has 2 aliphatic heterocycles. The molecule has 2 aliphatic rings. The smallest absolute Gasteiger partial charge is 0.374 e. The maximum atomic E-state index is 14.2. The van der Waals surface area contributed by atoms with Gasteiger partial charge in [-0.05, 0) is 62.2 Å². The monoisotopic (exact) mass is 543 g/mol. The average molecular weight is 544 g/mol. The molecular formula is C24H22Cl2F3N3O2S. The maximum absolute atomic E-state index is 14.2. The van der Waals surface area contributed by atoms with Gasteiger partial charge in [-0.3, -0.25) is 9.79 Å². The van der Waals surface area contributed by atoms with Crippen LogP contribution in [0.1, 0.15) is 47.3 Å². The van der Waals surface area contributed by atoms with E-state index >= 15 is 0 Å². The molecule has 1 unspecified atom stereocenters. The molecule has 4 rings (SSSR count). The average Bonchev–Trinajstić information content (AvgIpc) is 3.35. The Bertz CT molecular complexity index is 1230. The van der Waals surface area contributed by atoms with Gasteiger partial charge in [-0.15, -0.1) is 11.8 Å². The van der Waals surface area contributed by atoms with Crippen LogP contribution in [-0.4, -0.2) is 40.7 Å². The molecule has 2 aromatic rings. The highest BCUT2D eigenvalue weighted by Gasteiger charge is 2.62. The second-order valence-corrected chi connectivity index (χ2v) is 11.0. The van der Waals surface area contributed by atoms with Crippen LogP contribution in [0.3, 0.4) is 0 Å². The summed E-state index contributed by atoms with van der Waals surface area (Å²) >= 11 is 13.5. The summed E-state index contributed by atoms with van der Waals surface area (Å²) in [6.07, 6.45) is -5.35. The van der Waals surface area contributed by atoms with Gasteiger partial charge in [0.25, 0.3) is 11.5 Å². The minimum Gasteiger partial charge on any atom is -0.374 e. The van der Waals surface area contributed by atoms with Crippen molar-refractivity contribution >= 4 is 51.6 Å². The number of carbonyl (C=O) groups is 1. The van der Waals surface area contributed by atoms with Crippen molar-refractivity contribution in [1.82, 2.24) is 5.32 Å². The predicted molar refractivity (Wildman–Crippen MR) is 134 cm³/mol. The van der Waals surface area contributed by atoms with Crippen molar-refractivity contribution in [3.8, 4) is 0 Å². The van der Waals surface area contributed by atoms with E-state index in [1.54, 1.807) is 36.9 Å². The number of amides is 1. The van der Waals surface area contributed by atoms with E-state index in [9.17, 15) is 18.0 Å². The van der Waals surface area contributed by atoms with E-state index in [4.69, 9.17) is 28.0 Å². The van der Waals surface area contributed by atoms with Crippen molar-refractivity contribution in [2.24, 2.45) is 10.1 Å². The van der Waals surface area contributed by atoms with Crippen LogP contribution in [0.25, 0.3) is 0 Å². The second kappa shape index (κ2) is 9.33. The molecule has 0 saturated carbocycles. The number of aliphatic imine (C=N–C) groups is 1. The van der Waals surface area contributed by atoms with Crippen LogP contribution < -0.4 is 5.32 Å². The third-order valence-electron chi connectivity index (χ3n) is 5.74. The van der Waals surface area contributed by atoms with Gasteiger partial charge in [0.15, 0.2) is 0 Å². The zero-order chi connectivity index (χ0) is 25.6. The van der Waals surface area contributed by atoms with Crippen molar-refractivity contribution in [3.05, 3.63) is 68.7 Å². The number of nitrogens with zero attached hydrogens (tertiary/aromatic N) is 2. The highest BCUT2D eigenvalue weighted by atomic mass is 35.5. The fraction of sp³-hybridized carbons (Fsp3) is 0.375. The third kappa shape index (κ3) is 5.32. The number of alkyl halides is 3. The van der Waals surface area contributed by atoms with Gasteiger partial charge < -0.3 is 10.2 Å². The lowest BCUT2D eigenvalue weighted by atomic mass is 9.86. The molecule has 2 aromatic carbocycles. The molecule has 1 atom stereocenters. The molecular weight excluding hydrogens is 522 g/mol. The van der Waals surface area contributed by atoms with Gasteiger partial charge in [-0.2, -0.15) is 13.2 Å². The lowest BCUT2D eigenvalue weighted by Crippen LogP contribution is -2.42. The number of benzene rings is 2. The van der Waals surface area contributed by atoms with Gasteiger partial charge in [-0.1, -0.05) is 34.4 Å². The van der Waals surface area contributed by atoms with Crippen molar-refractivity contribution in [2.75, 3.05) is 12.3 Å². The molecule has 2 heterocycles. The molecule has 0 spiro atoms. The summed E-state index contributed by atoms with van der Waals surface area (Å²) in [5.41, 5.74) is -1.55. The van der Waals surface area contributed by atoms with Gasteiger partial charge in [0.2, 0.25) is 0 Å². The Hall–Kier alpha value is -2.23. The van der Waals surface area contributed by atoms with Crippen LogP contribution in [0, 0.1) is 6.92 Å². The first-order valence-electron chi connectivity index (χ1n) is 10.7. The fourth-order valence-electron chi connectivity index (χ4n) is 3.95. The Labute approximate surface area is 215 Å². The van der Waals surface area contributed by atoms with Crippen molar-refractivity contribution in [3.63, 3.8) is 0 Å². The van der Waals surface area contributed by atoms with Crippen LogP contribution in [0.2, 0.25) is 10.0 Å². The minimum absolute atomic E-state index is 0.0601. The topological polar surface area (TPSA) is 63.0 Å². The van der Waals surface area contributed by atoms with E-state index in [2.05, 4.69) is 15.5 Å². The summed E-state index contributed by atoms with van der Waals surface area (Å²) in [6.45, 7) is 6.10. The molecule has 186 valence electrons. The van der Waals surface area contributed by atoms with Crippen molar-refractivity contribution < 1.29 is 22.8 Å². The molecule has 0 saturated heterocycles. The summed E-state index contributed by atoms with van der Waals surface area (Å²) in [4.78, 5) is 22.3. The maximum Gasteiger partial charge on any atom is 0.435 e. The van der Waals surface area contributed by atoms with E-state index in [-0.39, 0.29) is 32.8 Å². The Morgan fingerprint density at radius 3 is 2.43 bits per heavy atom. The highest BCUT2D eigenvalue weighted by molar-refractivity contribution is 8.14. The second-order valence-electron chi connectivity index (χ2n) is 9.11. The summed E-state index contributed by atoms with van der Waals surface area (Å²) < 4.78 is 42.6. The van der Waals surface area contributed by atoms with Gasteiger partial charge >= 0.3 is 6.18 Å². The van der Waals surface area contributed by atoms with E-state index in [1.165, 1.54) is 18.2 Å². The number of aryl methyl sites for hydroxylation is 1. The summed E-state index contributed by atoms with van der Waals surface area (Å²) in [5, 5.41) is 7.61. The number of nitrogens with one attached hydrogen (secondary N) is 1. The number of hydrogen-bond donors (Lipinski definition) is 1. The Balaban J connectivity index is 1.53. The zero-order valence-electron chi connectivity index (χ0n) is 19.1. The van der Waals surface area contributed by atoms with Crippen molar-refractivity contribution in [1.29, 1.82) is 0 Å². The molecule has 0 radical (unpaired) electrons. The minimum atomic E-state index is -4.78. The van der Waals surface area contributed by atoms with Crippen LogP contribution in [0.4, 0.5) is 13.2 Å². The molecule has 0 aliphatic carbocycles. The molecule has 1 amide bonds. The molecule has 0 bridgehead atoms. The molecule has 0 aromatic heterocycles. The van der Waals surface area contributed by atoms with E-state index < -0.39 is 18.2 Å². The molecule has 11 heteroatoms. The Kier molecular flexibility index (Phi) is 6.89. The zero-order valence-corrected chi connectivity index (χ0v) is 21.4. The third-order valence-corrected chi connectivity index (χ3v) is 7.59. The number of rotatable bonds is 5. The van der Waals surface area contributed by atoms with Gasteiger partial charge in [0, 0.05) is 33.3 Å². The van der Waals surface area contributed by atoms with Gasteiger partial charge in [0.05, 0.1) is 22.8 Å². The summed E-state index contributed by atoms with van der Waals surface area (Å²) in [7, 11) is 0. The Morgan fingerprint density at radius 1 is 1.17 bits per heavy atom. The largest absolute Gasteiger partial charge is 0.435 e. The number of thioether (sulfide) groups is 1. The number of oxime groups is 1. The van der Waals surface area contributed by atoms with Gasteiger partial charge in [0.1, 0.15) is 0 Å². The van der Waals surface area contributed by atoms with Crippen LogP contribution in [0.15, 0.2) is 46.5 Å². The van der Waals surface area contributed by atoms with Crippen LogP contribution >= 0.6 is 35.0 Å².